The summed E-state index contributed by atoms with van der Waals surface area (Å²) in [7, 11) is 0. The summed E-state index contributed by atoms with van der Waals surface area (Å²) in [6.07, 6.45) is 0.604. The van der Waals surface area contributed by atoms with E-state index in [4.69, 9.17) is 16.7 Å². The molecule has 0 saturated heterocycles. The highest BCUT2D eigenvalue weighted by Gasteiger charge is 2.14. The molecule has 2 N–H and O–H groups in total. The molecule has 0 bridgehead atoms. The number of anilines is 1. The normalized spacial score (nSPS) is 11.7. The van der Waals surface area contributed by atoms with E-state index in [-0.39, 0.29) is 22.4 Å². The van der Waals surface area contributed by atoms with E-state index in [1.807, 2.05) is 6.92 Å². The third-order valence-corrected chi connectivity index (χ3v) is 2.88. The molecule has 5 heteroatoms. The first-order valence-electron chi connectivity index (χ1n) is 5.79. The number of benzene rings is 1. The Bertz CT molecular complexity index is 525. The molecule has 102 valence electrons. The van der Waals surface area contributed by atoms with E-state index in [0.717, 1.165) is 5.57 Å². The molecule has 0 radical (unpaired) electrons. The minimum absolute atomic E-state index is 0.00894. The number of carbonyl (C=O) groups excluding carboxylic acids is 1. The average Bonchev–Trinajstić information content (AvgIpc) is 2.27. The summed E-state index contributed by atoms with van der Waals surface area (Å²) >= 11 is 5.83. The van der Waals surface area contributed by atoms with Crippen LogP contribution < -0.4 is 5.32 Å². The van der Waals surface area contributed by atoms with E-state index in [2.05, 4.69) is 11.9 Å². The third kappa shape index (κ3) is 4.41. The quantitative estimate of drug-likeness (QED) is 0.811. The van der Waals surface area contributed by atoms with Gasteiger partial charge < -0.3 is 10.4 Å². The molecule has 0 heterocycles. The van der Waals surface area contributed by atoms with Gasteiger partial charge >= 0.3 is 5.97 Å². The van der Waals surface area contributed by atoms with E-state index >= 15 is 0 Å². The molecule has 0 saturated carbocycles. The van der Waals surface area contributed by atoms with E-state index in [1.165, 1.54) is 18.2 Å². The smallest absolute Gasteiger partial charge is 0.337 e. The largest absolute Gasteiger partial charge is 0.478 e. The Morgan fingerprint density at radius 3 is 2.58 bits per heavy atom. The van der Waals surface area contributed by atoms with Crippen LogP contribution in [-0.2, 0) is 4.79 Å². The molecule has 0 spiro atoms. The molecule has 1 unspecified atom stereocenters. The van der Waals surface area contributed by atoms with Crippen molar-refractivity contribution >= 4 is 29.2 Å². The van der Waals surface area contributed by atoms with Crippen molar-refractivity contribution in [1.29, 1.82) is 0 Å². The SMILES string of the molecule is C=C(C)CC(C)C(=O)Nc1ccc(C(=O)O)c(Cl)c1. The molecule has 1 aromatic carbocycles. The number of aromatic carboxylic acids is 1. The number of halogens is 1. The lowest BCUT2D eigenvalue weighted by atomic mass is 10.0. The fraction of sp³-hybridized carbons (Fsp3) is 0.286. The lowest BCUT2D eigenvalue weighted by molar-refractivity contribution is -0.119. The molecule has 1 amide bonds. The Balaban J connectivity index is 2.78. The first kappa shape index (κ1) is 15.2. The first-order valence-corrected chi connectivity index (χ1v) is 6.17. The van der Waals surface area contributed by atoms with Crippen molar-refractivity contribution in [3.8, 4) is 0 Å². The van der Waals surface area contributed by atoms with Gasteiger partial charge in [-0.05, 0) is 31.5 Å². The summed E-state index contributed by atoms with van der Waals surface area (Å²) in [5.74, 6) is -1.45. The molecule has 0 fully saturated rings. The molecular formula is C14H16ClNO3. The van der Waals surface area contributed by atoms with Crippen LogP contribution in [0.25, 0.3) is 0 Å². The second-order valence-corrected chi connectivity index (χ2v) is 4.96. The van der Waals surface area contributed by atoms with Crippen LogP contribution >= 0.6 is 11.6 Å². The van der Waals surface area contributed by atoms with Crippen LogP contribution in [0.3, 0.4) is 0 Å². The maximum absolute atomic E-state index is 11.9. The van der Waals surface area contributed by atoms with Gasteiger partial charge in [-0.1, -0.05) is 24.1 Å². The van der Waals surface area contributed by atoms with Gasteiger partial charge in [0.2, 0.25) is 5.91 Å². The van der Waals surface area contributed by atoms with Gasteiger partial charge in [0.15, 0.2) is 0 Å². The highest BCUT2D eigenvalue weighted by molar-refractivity contribution is 6.33. The number of hydrogen-bond acceptors (Lipinski definition) is 2. The van der Waals surface area contributed by atoms with Crippen molar-refractivity contribution < 1.29 is 14.7 Å². The van der Waals surface area contributed by atoms with Gasteiger partial charge in [0.1, 0.15) is 0 Å². The number of allylic oxidation sites excluding steroid dienone is 1. The Morgan fingerprint density at radius 1 is 1.47 bits per heavy atom. The maximum atomic E-state index is 11.9. The molecule has 0 aromatic heterocycles. The second kappa shape index (κ2) is 6.38. The summed E-state index contributed by atoms with van der Waals surface area (Å²) in [6.45, 7) is 7.43. The number of hydrogen-bond donors (Lipinski definition) is 2. The summed E-state index contributed by atoms with van der Waals surface area (Å²) in [5.41, 5.74) is 1.42. The molecule has 0 aliphatic rings. The van der Waals surface area contributed by atoms with E-state index in [1.54, 1.807) is 6.92 Å². The number of carboxylic acids is 1. The zero-order valence-electron chi connectivity index (χ0n) is 10.9. The molecule has 1 rings (SSSR count). The molecule has 1 aromatic rings. The van der Waals surface area contributed by atoms with Gasteiger partial charge in [0.25, 0.3) is 0 Å². The number of amides is 1. The van der Waals surface area contributed by atoms with Gasteiger partial charge in [0, 0.05) is 11.6 Å². The molecule has 19 heavy (non-hydrogen) atoms. The zero-order valence-corrected chi connectivity index (χ0v) is 11.6. The minimum Gasteiger partial charge on any atom is -0.478 e. The molecule has 1 atom stereocenters. The van der Waals surface area contributed by atoms with Crippen LogP contribution in [-0.4, -0.2) is 17.0 Å². The van der Waals surface area contributed by atoms with Gasteiger partial charge in [0.05, 0.1) is 10.6 Å². The topological polar surface area (TPSA) is 66.4 Å². The van der Waals surface area contributed by atoms with Crippen molar-refractivity contribution in [2.75, 3.05) is 5.32 Å². The van der Waals surface area contributed by atoms with Crippen molar-refractivity contribution in [2.24, 2.45) is 5.92 Å². The summed E-state index contributed by atoms with van der Waals surface area (Å²) < 4.78 is 0. The van der Waals surface area contributed by atoms with Crippen LogP contribution in [0.1, 0.15) is 30.6 Å². The summed E-state index contributed by atoms with van der Waals surface area (Å²) in [6, 6.07) is 4.31. The standard InChI is InChI=1S/C14H16ClNO3/c1-8(2)6-9(3)13(17)16-10-4-5-11(14(18)19)12(15)7-10/h4-5,7,9H,1,6H2,2-3H3,(H,16,17)(H,18,19). The van der Waals surface area contributed by atoms with Crippen molar-refractivity contribution in [1.82, 2.24) is 0 Å². The molecule has 0 aliphatic carbocycles. The summed E-state index contributed by atoms with van der Waals surface area (Å²) in [5, 5.41) is 11.6. The third-order valence-electron chi connectivity index (χ3n) is 2.57. The number of carboxylic acid groups (broad SMARTS) is 1. The van der Waals surface area contributed by atoms with Crippen LogP contribution in [0.2, 0.25) is 5.02 Å². The van der Waals surface area contributed by atoms with Gasteiger partial charge in [-0.15, -0.1) is 6.58 Å². The summed E-state index contributed by atoms with van der Waals surface area (Å²) in [4.78, 5) is 22.7. The minimum atomic E-state index is -1.10. The highest BCUT2D eigenvalue weighted by Crippen LogP contribution is 2.22. The highest BCUT2D eigenvalue weighted by atomic mass is 35.5. The lowest BCUT2D eigenvalue weighted by Gasteiger charge is -2.12. The average molecular weight is 282 g/mol. The number of carbonyl (C=O) groups is 2. The molecule has 0 aliphatic heterocycles. The fourth-order valence-electron chi connectivity index (χ4n) is 1.65. The Kier molecular flexibility index (Phi) is 5.12. The van der Waals surface area contributed by atoms with Gasteiger partial charge in [-0.2, -0.15) is 0 Å². The van der Waals surface area contributed by atoms with E-state index in [9.17, 15) is 9.59 Å². The molecular weight excluding hydrogens is 266 g/mol. The number of rotatable bonds is 5. The maximum Gasteiger partial charge on any atom is 0.337 e. The fourth-order valence-corrected chi connectivity index (χ4v) is 1.91. The number of nitrogens with one attached hydrogen (secondary N) is 1. The van der Waals surface area contributed by atoms with E-state index < -0.39 is 5.97 Å². The lowest BCUT2D eigenvalue weighted by Crippen LogP contribution is -2.20. The van der Waals surface area contributed by atoms with E-state index in [0.29, 0.717) is 12.1 Å². The first-order chi connectivity index (χ1) is 8.81. The van der Waals surface area contributed by atoms with Crippen LogP contribution in [0, 0.1) is 5.92 Å². The van der Waals surface area contributed by atoms with Crippen molar-refractivity contribution in [2.45, 2.75) is 20.3 Å². The Hall–Kier alpha value is -1.81. The Labute approximate surface area is 117 Å². The van der Waals surface area contributed by atoms with Gasteiger partial charge in [-0.25, -0.2) is 4.79 Å². The monoisotopic (exact) mass is 281 g/mol. The van der Waals surface area contributed by atoms with Crippen molar-refractivity contribution in [3.63, 3.8) is 0 Å². The van der Waals surface area contributed by atoms with Crippen molar-refractivity contribution in [3.05, 3.63) is 40.9 Å². The van der Waals surface area contributed by atoms with Crippen LogP contribution in [0.5, 0.6) is 0 Å². The van der Waals surface area contributed by atoms with Crippen LogP contribution in [0.15, 0.2) is 30.4 Å². The Morgan fingerprint density at radius 2 is 2.11 bits per heavy atom. The molecule has 4 nitrogen and oxygen atoms in total. The predicted octanol–water partition coefficient (Wildman–Crippen LogP) is 3.58. The predicted molar refractivity (Wildman–Crippen MR) is 75.6 cm³/mol. The second-order valence-electron chi connectivity index (χ2n) is 4.55. The van der Waals surface area contributed by atoms with Crippen LogP contribution in [0.4, 0.5) is 5.69 Å². The van der Waals surface area contributed by atoms with Gasteiger partial charge in [-0.3, -0.25) is 4.79 Å². The zero-order chi connectivity index (χ0) is 14.6.